The monoisotopic (exact) mass is 598 g/mol. The predicted octanol–water partition coefficient (Wildman–Crippen LogP) is 5.35. The summed E-state index contributed by atoms with van der Waals surface area (Å²) in [6, 6.07) is 5.75. The van der Waals surface area contributed by atoms with Gasteiger partial charge in [-0.2, -0.15) is 17.6 Å². The van der Waals surface area contributed by atoms with Crippen LogP contribution in [0.2, 0.25) is 0 Å². The Morgan fingerprint density at radius 1 is 1.12 bits per heavy atom. The number of unbranched alkanes of at least 4 members (excludes halogenated alkanes) is 2. The van der Waals surface area contributed by atoms with Gasteiger partial charge in [0.2, 0.25) is 5.82 Å². The Morgan fingerprint density at radius 2 is 1.86 bits per heavy atom. The van der Waals surface area contributed by atoms with Gasteiger partial charge in [-0.05, 0) is 68.6 Å². The normalized spacial score (nSPS) is 14.8. The second-order valence-electron chi connectivity index (χ2n) is 10.2. The minimum Gasteiger partial charge on any atom is -0.489 e. The van der Waals surface area contributed by atoms with E-state index in [1.165, 1.54) is 25.1 Å². The Hall–Kier alpha value is -3.06. The number of hydrogen-bond acceptors (Lipinski definition) is 6. The highest BCUT2D eigenvalue weighted by atomic mass is 19.4. The second kappa shape index (κ2) is 16.0. The summed E-state index contributed by atoms with van der Waals surface area (Å²) < 4.78 is 80.1. The number of carbonyl (C=O) groups excluding carboxylic acids is 1. The van der Waals surface area contributed by atoms with Gasteiger partial charge in [-0.15, -0.1) is 0 Å². The van der Waals surface area contributed by atoms with Gasteiger partial charge in [-0.1, -0.05) is 12.1 Å². The summed E-state index contributed by atoms with van der Waals surface area (Å²) in [5.41, 5.74) is 2.73. The maximum atomic E-state index is 15.1. The van der Waals surface area contributed by atoms with E-state index in [1.807, 2.05) is 12.1 Å². The van der Waals surface area contributed by atoms with E-state index < -0.39 is 29.3 Å². The number of allylic oxidation sites excluding steroid dienone is 1. The van der Waals surface area contributed by atoms with Gasteiger partial charge in [0, 0.05) is 50.9 Å². The van der Waals surface area contributed by atoms with Crippen molar-refractivity contribution in [2.24, 2.45) is 0 Å². The first-order valence-corrected chi connectivity index (χ1v) is 14.0. The standard InChI is InChI=1S/C30H39F5N4O3/c1-21-19-24(30(33,34)35)9-10-25(21)37-29(40)23(7-5-4-6-12-38(3)36-2)20-22-8-11-26(28(32)27(22)31)42-18-15-39-13-16-41-17-14-39/h7-11,19,36H,4-6,12-18,20H2,1-3H3,(H,37,40)/b23-7+. The molecular weight excluding hydrogens is 559 g/mol. The molecule has 3 rings (SSSR count). The number of nitrogens with one attached hydrogen (secondary N) is 2. The number of rotatable bonds is 14. The summed E-state index contributed by atoms with van der Waals surface area (Å²) in [7, 11) is 3.70. The van der Waals surface area contributed by atoms with Crippen molar-refractivity contribution >= 4 is 11.6 Å². The summed E-state index contributed by atoms with van der Waals surface area (Å²) in [4.78, 5) is 15.4. The third kappa shape index (κ3) is 10.0. The van der Waals surface area contributed by atoms with Crippen LogP contribution in [0.15, 0.2) is 42.0 Å². The van der Waals surface area contributed by atoms with Gasteiger partial charge in [0.05, 0.1) is 18.8 Å². The average Bonchev–Trinajstić information content (AvgIpc) is 2.96. The van der Waals surface area contributed by atoms with Crippen LogP contribution < -0.4 is 15.5 Å². The molecule has 7 nitrogen and oxygen atoms in total. The maximum absolute atomic E-state index is 15.1. The van der Waals surface area contributed by atoms with Gasteiger partial charge in [0.25, 0.3) is 5.91 Å². The molecule has 0 spiro atoms. The van der Waals surface area contributed by atoms with Crippen LogP contribution in [0.5, 0.6) is 5.75 Å². The lowest BCUT2D eigenvalue weighted by molar-refractivity contribution is -0.137. The third-order valence-electron chi connectivity index (χ3n) is 7.09. The number of aryl methyl sites for hydroxylation is 1. The van der Waals surface area contributed by atoms with E-state index in [9.17, 15) is 22.4 Å². The predicted molar refractivity (Wildman–Crippen MR) is 151 cm³/mol. The highest BCUT2D eigenvalue weighted by Gasteiger charge is 2.30. The second-order valence-corrected chi connectivity index (χ2v) is 10.2. The lowest BCUT2D eigenvalue weighted by Gasteiger charge is -2.26. The Bertz CT molecular complexity index is 1220. The van der Waals surface area contributed by atoms with Crippen LogP contribution in [-0.4, -0.2) is 75.9 Å². The molecule has 2 aromatic rings. The Morgan fingerprint density at radius 3 is 2.52 bits per heavy atom. The molecule has 232 valence electrons. The molecule has 1 aliphatic rings. The van der Waals surface area contributed by atoms with Gasteiger partial charge in [-0.3, -0.25) is 15.1 Å². The molecule has 0 bridgehead atoms. The van der Waals surface area contributed by atoms with Crippen LogP contribution >= 0.6 is 0 Å². The number of amides is 1. The number of morpholine rings is 1. The first-order chi connectivity index (χ1) is 20.0. The number of hydrogen-bond donors (Lipinski definition) is 2. The summed E-state index contributed by atoms with van der Waals surface area (Å²) in [6.07, 6.45) is -1.01. The number of alkyl halides is 3. The molecule has 1 fully saturated rings. The van der Waals surface area contributed by atoms with E-state index in [-0.39, 0.29) is 41.2 Å². The van der Waals surface area contributed by atoms with Crippen LogP contribution in [-0.2, 0) is 22.1 Å². The zero-order valence-corrected chi connectivity index (χ0v) is 24.3. The highest BCUT2D eigenvalue weighted by Crippen LogP contribution is 2.32. The largest absolute Gasteiger partial charge is 0.489 e. The molecule has 0 atom stereocenters. The Balaban J connectivity index is 1.73. The maximum Gasteiger partial charge on any atom is 0.416 e. The number of anilines is 1. The summed E-state index contributed by atoms with van der Waals surface area (Å²) in [5.74, 6) is -3.06. The first-order valence-electron chi connectivity index (χ1n) is 14.0. The smallest absolute Gasteiger partial charge is 0.416 e. The van der Waals surface area contributed by atoms with Crippen molar-refractivity contribution < 1.29 is 36.2 Å². The number of hydrazine groups is 1. The molecule has 0 aromatic heterocycles. The molecule has 1 aliphatic heterocycles. The van der Waals surface area contributed by atoms with Crippen molar-refractivity contribution in [1.82, 2.24) is 15.3 Å². The van der Waals surface area contributed by atoms with Crippen molar-refractivity contribution in [3.8, 4) is 5.75 Å². The fourth-order valence-electron chi connectivity index (χ4n) is 4.44. The molecule has 1 heterocycles. The third-order valence-corrected chi connectivity index (χ3v) is 7.09. The molecule has 1 amide bonds. The van der Waals surface area contributed by atoms with Crippen LogP contribution in [0.3, 0.4) is 0 Å². The molecular formula is C30H39F5N4O3. The minimum atomic E-state index is -4.51. The molecule has 0 aliphatic carbocycles. The van der Waals surface area contributed by atoms with Gasteiger partial charge < -0.3 is 14.8 Å². The van der Waals surface area contributed by atoms with Crippen LogP contribution in [0.25, 0.3) is 0 Å². The number of ether oxygens (including phenoxy) is 2. The molecule has 12 heteroatoms. The zero-order valence-electron chi connectivity index (χ0n) is 24.3. The quantitative estimate of drug-likeness (QED) is 0.132. The van der Waals surface area contributed by atoms with Crippen molar-refractivity contribution in [2.45, 2.75) is 38.8 Å². The summed E-state index contributed by atoms with van der Waals surface area (Å²) in [5, 5.41) is 4.54. The number of halogens is 5. The molecule has 0 radical (unpaired) electrons. The molecule has 1 saturated heterocycles. The Labute approximate surface area is 243 Å². The fourth-order valence-corrected chi connectivity index (χ4v) is 4.44. The SMILES string of the molecule is CNN(C)CCCC/C=C(\Cc1ccc(OCCN2CCOCC2)c(F)c1F)C(=O)Nc1ccc(C(F)(F)F)cc1C. The van der Waals surface area contributed by atoms with Crippen LogP contribution in [0.4, 0.5) is 27.6 Å². The Kier molecular flexibility index (Phi) is 12.7. The van der Waals surface area contributed by atoms with Crippen molar-refractivity contribution in [3.05, 3.63) is 70.3 Å². The minimum absolute atomic E-state index is 0.0338. The molecule has 0 saturated carbocycles. The lowest BCUT2D eigenvalue weighted by Crippen LogP contribution is -2.38. The van der Waals surface area contributed by atoms with Gasteiger partial charge in [0.15, 0.2) is 11.6 Å². The highest BCUT2D eigenvalue weighted by molar-refractivity contribution is 6.04. The fraction of sp³-hybridized carbons (Fsp3) is 0.500. The topological polar surface area (TPSA) is 66.1 Å². The van der Waals surface area contributed by atoms with Crippen molar-refractivity contribution in [3.63, 3.8) is 0 Å². The van der Waals surface area contributed by atoms with E-state index in [0.29, 0.717) is 26.2 Å². The first kappa shape index (κ1) is 33.4. The molecule has 0 unspecified atom stereocenters. The average molecular weight is 599 g/mol. The summed E-state index contributed by atoms with van der Waals surface area (Å²) >= 11 is 0. The zero-order chi connectivity index (χ0) is 30.7. The van der Waals surface area contributed by atoms with E-state index in [0.717, 1.165) is 44.6 Å². The van der Waals surface area contributed by atoms with E-state index in [4.69, 9.17) is 9.47 Å². The van der Waals surface area contributed by atoms with Gasteiger partial charge >= 0.3 is 6.18 Å². The van der Waals surface area contributed by atoms with E-state index in [2.05, 4.69) is 15.6 Å². The number of nitrogens with zero attached hydrogens (tertiary/aromatic N) is 2. The molecule has 42 heavy (non-hydrogen) atoms. The van der Waals surface area contributed by atoms with Crippen LogP contribution in [0.1, 0.15) is 36.0 Å². The molecule has 2 aromatic carbocycles. The van der Waals surface area contributed by atoms with Gasteiger partial charge in [-0.25, -0.2) is 9.40 Å². The van der Waals surface area contributed by atoms with Gasteiger partial charge in [0.1, 0.15) is 6.61 Å². The van der Waals surface area contributed by atoms with Crippen molar-refractivity contribution in [2.75, 3.05) is 65.4 Å². The molecule has 2 N–H and O–H groups in total. The lowest BCUT2D eigenvalue weighted by atomic mass is 10.0. The number of benzene rings is 2. The van der Waals surface area contributed by atoms with Crippen LogP contribution in [0, 0.1) is 18.6 Å². The van der Waals surface area contributed by atoms with Crippen molar-refractivity contribution in [1.29, 1.82) is 0 Å². The summed E-state index contributed by atoms with van der Waals surface area (Å²) in [6.45, 7) is 5.68. The van der Waals surface area contributed by atoms with E-state index >= 15 is 4.39 Å². The number of carbonyl (C=O) groups is 1. The van der Waals surface area contributed by atoms with E-state index in [1.54, 1.807) is 13.1 Å².